The zero-order valence-corrected chi connectivity index (χ0v) is 14.8. The molecule has 1 amide bonds. The summed E-state index contributed by atoms with van der Waals surface area (Å²) in [5.41, 5.74) is 2.30. The molecule has 0 spiro atoms. The molecule has 0 saturated heterocycles. The van der Waals surface area contributed by atoms with Crippen molar-refractivity contribution in [3.63, 3.8) is 0 Å². The first kappa shape index (κ1) is 15.8. The van der Waals surface area contributed by atoms with Gasteiger partial charge in [0.25, 0.3) is 5.91 Å². The van der Waals surface area contributed by atoms with Gasteiger partial charge in [-0.2, -0.15) is 4.52 Å². The first-order valence-electron chi connectivity index (χ1n) is 8.19. The summed E-state index contributed by atoms with van der Waals surface area (Å²) in [5, 5.41) is 17.1. The number of amides is 1. The minimum atomic E-state index is -0.176. The van der Waals surface area contributed by atoms with Crippen LogP contribution in [0.15, 0.2) is 30.5 Å². The van der Waals surface area contributed by atoms with Crippen LogP contribution in [0.2, 0.25) is 0 Å². The van der Waals surface area contributed by atoms with Crippen molar-refractivity contribution >= 4 is 33.1 Å². The fourth-order valence-electron chi connectivity index (χ4n) is 2.81. The van der Waals surface area contributed by atoms with E-state index < -0.39 is 0 Å². The number of hydrogen-bond donors (Lipinski definition) is 2. The molecule has 25 heavy (non-hydrogen) atoms. The molecule has 0 radical (unpaired) electrons. The number of carbonyl (C=O) groups excluding carboxylic acids is 1. The van der Waals surface area contributed by atoms with E-state index in [0.29, 0.717) is 16.5 Å². The molecule has 7 nitrogen and oxygen atoms in total. The molecule has 0 aliphatic heterocycles. The number of para-hydroxylation sites is 1. The first-order valence-corrected chi connectivity index (χ1v) is 9.00. The number of hydrogen-bond acceptors (Lipinski definition) is 5. The van der Waals surface area contributed by atoms with E-state index >= 15 is 0 Å². The van der Waals surface area contributed by atoms with Crippen molar-refractivity contribution in [3.05, 3.63) is 46.9 Å². The lowest BCUT2D eigenvalue weighted by Crippen LogP contribution is -2.25. The molecule has 2 N–H and O–H groups in total. The smallest absolute Gasteiger partial charge is 0.282 e. The number of carbonyl (C=O) groups is 1. The molecule has 0 atom stereocenters. The number of H-pyrrole nitrogens is 1. The third-order valence-corrected chi connectivity index (χ3v) is 4.98. The first-order chi connectivity index (χ1) is 12.1. The van der Waals surface area contributed by atoms with Crippen LogP contribution in [0.5, 0.6) is 0 Å². The average molecular weight is 354 g/mol. The third-order valence-electron chi connectivity index (χ3n) is 4.08. The Balaban J connectivity index is 1.44. The molecular weight excluding hydrogens is 336 g/mol. The van der Waals surface area contributed by atoms with Crippen LogP contribution in [0.4, 0.5) is 0 Å². The summed E-state index contributed by atoms with van der Waals surface area (Å²) >= 11 is 1.25. The summed E-state index contributed by atoms with van der Waals surface area (Å²) in [5.74, 6) is 0.795. The van der Waals surface area contributed by atoms with Gasteiger partial charge in [0.2, 0.25) is 9.97 Å². The molecule has 8 heteroatoms. The van der Waals surface area contributed by atoms with Crippen LogP contribution in [-0.4, -0.2) is 37.2 Å². The highest BCUT2D eigenvalue weighted by molar-refractivity contribution is 7.18. The zero-order valence-electron chi connectivity index (χ0n) is 14.0. The number of rotatable bonds is 5. The summed E-state index contributed by atoms with van der Waals surface area (Å²) in [6.45, 7) is 4.60. The van der Waals surface area contributed by atoms with Crippen molar-refractivity contribution in [2.75, 3.05) is 6.54 Å². The summed E-state index contributed by atoms with van der Waals surface area (Å²) in [6.07, 6.45) is 2.76. The van der Waals surface area contributed by atoms with E-state index in [1.54, 1.807) is 4.52 Å². The van der Waals surface area contributed by atoms with Crippen molar-refractivity contribution in [3.8, 4) is 0 Å². The van der Waals surface area contributed by atoms with Gasteiger partial charge in [-0.05, 0) is 18.1 Å². The lowest BCUT2D eigenvalue weighted by Gasteiger charge is -2.02. The molecule has 4 aromatic rings. The van der Waals surface area contributed by atoms with Gasteiger partial charge >= 0.3 is 0 Å². The summed E-state index contributed by atoms with van der Waals surface area (Å²) < 4.78 is 1.66. The van der Waals surface area contributed by atoms with E-state index in [0.717, 1.165) is 17.8 Å². The predicted molar refractivity (Wildman–Crippen MR) is 97.1 cm³/mol. The Kier molecular flexibility index (Phi) is 3.96. The minimum absolute atomic E-state index is 0.176. The van der Waals surface area contributed by atoms with Crippen LogP contribution in [0.1, 0.15) is 41.0 Å². The third kappa shape index (κ3) is 2.89. The van der Waals surface area contributed by atoms with Gasteiger partial charge in [-0.15, -0.1) is 15.3 Å². The lowest BCUT2D eigenvalue weighted by molar-refractivity contribution is 0.0952. The molecule has 0 aliphatic rings. The summed E-state index contributed by atoms with van der Waals surface area (Å²) in [4.78, 5) is 16.2. The van der Waals surface area contributed by atoms with Gasteiger partial charge in [0.1, 0.15) is 0 Å². The molecule has 1 aromatic carbocycles. The molecule has 0 bridgehead atoms. The fourth-order valence-corrected chi connectivity index (χ4v) is 3.57. The van der Waals surface area contributed by atoms with Gasteiger partial charge in [0.15, 0.2) is 5.82 Å². The van der Waals surface area contributed by atoms with Gasteiger partial charge in [-0.3, -0.25) is 4.79 Å². The van der Waals surface area contributed by atoms with E-state index in [-0.39, 0.29) is 11.8 Å². The number of nitrogens with zero attached hydrogens (tertiary/aromatic N) is 4. The van der Waals surface area contributed by atoms with Crippen LogP contribution in [0, 0.1) is 0 Å². The van der Waals surface area contributed by atoms with Gasteiger partial charge in [-0.25, -0.2) is 0 Å². The highest BCUT2D eigenvalue weighted by Crippen LogP contribution is 2.19. The monoisotopic (exact) mass is 354 g/mol. The van der Waals surface area contributed by atoms with E-state index in [1.165, 1.54) is 22.3 Å². The van der Waals surface area contributed by atoms with Gasteiger partial charge < -0.3 is 10.3 Å². The number of fused-ring (bicyclic) bond motifs is 2. The lowest BCUT2D eigenvalue weighted by atomic mass is 10.1. The van der Waals surface area contributed by atoms with E-state index in [2.05, 4.69) is 31.7 Å². The van der Waals surface area contributed by atoms with Gasteiger partial charge in [0, 0.05) is 29.6 Å². The van der Waals surface area contributed by atoms with Crippen LogP contribution in [-0.2, 0) is 6.42 Å². The maximum atomic E-state index is 12.4. The molecule has 128 valence electrons. The Labute approximate surface area is 148 Å². The largest absolute Gasteiger partial charge is 0.361 e. The Morgan fingerprint density at radius 2 is 2.16 bits per heavy atom. The van der Waals surface area contributed by atoms with Crippen molar-refractivity contribution in [2.24, 2.45) is 0 Å². The Morgan fingerprint density at radius 3 is 3.00 bits per heavy atom. The van der Waals surface area contributed by atoms with Crippen molar-refractivity contribution in [1.82, 2.24) is 30.1 Å². The zero-order chi connectivity index (χ0) is 17.4. The van der Waals surface area contributed by atoms with Crippen LogP contribution < -0.4 is 5.32 Å². The second-order valence-electron chi connectivity index (χ2n) is 6.18. The minimum Gasteiger partial charge on any atom is -0.361 e. The molecule has 0 unspecified atom stereocenters. The molecule has 0 fully saturated rings. The fraction of sp³-hybridized carbons (Fsp3) is 0.294. The van der Waals surface area contributed by atoms with Gasteiger partial charge in [-0.1, -0.05) is 43.4 Å². The maximum absolute atomic E-state index is 12.4. The van der Waals surface area contributed by atoms with E-state index in [4.69, 9.17) is 0 Å². The van der Waals surface area contributed by atoms with E-state index in [1.807, 2.05) is 38.2 Å². The van der Waals surface area contributed by atoms with Crippen LogP contribution in [0.25, 0.3) is 15.9 Å². The van der Waals surface area contributed by atoms with Crippen LogP contribution in [0.3, 0.4) is 0 Å². The van der Waals surface area contributed by atoms with E-state index in [9.17, 15) is 4.79 Å². The summed E-state index contributed by atoms with van der Waals surface area (Å²) in [7, 11) is 0. The Bertz CT molecular complexity index is 1040. The number of nitrogens with one attached hydrogen (secondary N) is 2. The molecule has 0 saturated carbocycles. The average Bonchev–Trinajstić information content (AvgIpc) is 3.28. The number of aromatic amines is 1. The van der Waals surface area contributed by atoms with Crippen LogP contribution >= 0.6 is 11.3 Å². The Hall–Kier alpha value is -2.74. The second kappa shape index (κ2) is 6.29. The van der Waals surface area contributed by atoms with Crippen molar-refractivity contribution in [1.29, 1.82) is 0 Å². The predicted octanol–water partition coefficient (Wildman–Crippen LogP) is 2.76. The molecular formula is C17H18N6OS. The SMILES string of the molecule is CC(C)c1nnc2sc(C(=O)NCCc3c[nH]c4ccccc34)nn12. The molecule has 3 aromatic heterocycles. The maximum Gasteiger partial charge on any atom is 0.282 e. The standard InChI is InChI=1S/C17H18N6OS/c1-10(2)14-20-21-17-23(14)22-16(25-17)15(24)18-8-7-11-9-19-13-6-4-3-5-12(11)13/h3-6,9-10,19H,7-8H2,1-2H3,(H,18,24). The molecule has 0 aliphatic carbocycles. The second-order valence-corrected chi connectivity index (χ2v) is 7.14. The topological polar surface area (TPSA) is 88.0 Å². The molecule has 4 rings (SSSR count). The highest BCUT2D eigenvalue weighted by Gasteiger charge is 2.18. The highest BCUT2D eigenvalue weighted by atomic mass is 32.1. The van der Waals surface area contributed by atoms with Crippen molar-refractivity contribution in [2.45, 2.75) is 26.2 Å². The van der Waals surface area contributed by atoms with Gasteiger partial charge in [0.05, 0.1) is 0 Å². The number of aromatic nitrogens is 5. The summed E-state index contributed by atoms with van der Waals surface area (Å²) in [6, 6.07) is 8.15. The Morgan fingerprint density at radius 1 is 1.32 bits per heavy atom. The number of benzene rings is 1. The van der Waals surface area contributed by atoms with Crippen molar-refractivity contribution < 1.29 is 4.79 Å². The quantitative estimate of drug-likeness (QED) is 0.577. The normalized spacial score (nSPS) is 11.6. The molecule has 3 heterocycles.